The highest BCUT2D eigenvalue weighted by atomic mass is 19.1. The van der Waals surface area contributed by atoms with E-state index in [2.05, 4.69) is 9.97 Å². The standard InChI is InChI=1S/C11H8F2N2O/c12-7-2-1-3-8(13)11(7)9(16)6-10-14-4-5-15-10/h1-5H,6H2,(H,14,15). The van der Waals surface area contributed by atoms with Crippen LogP contribution >= 0.6 is 0 Å². The summed E-state index contributed by atoms with van der Waals surface area (Å²) in [6.07, 6.45) is 2.87. The van der Waals surface area contributed by atoms with E-state index in [-0.39, 0.29) is 6.42 Å². The largest absolute Gasteiger partial charge is 0.348 e. The molecule has 5 heteroatoms. The molecule has 0 saturated heterocycles. The normalized spacial score (nSPS) is 10.4. The number of aromatic amines is 1. The number of benzene rings is 1. The van der Waals surface area contributed by atoms with Crippen molar-refractivity contribution in [3.8, 4) is 0 Å². The van der Waals surface area contributed by atoms with E-state index in [1.807, 2.05) is 0 Å². The van der Waals surface area contributed by atoms with Gasteiger partial charge < -0.3 is 4.98 Å². The Labute approximate surface area is 90.1 Å². The first-order chi connectivity index (χ1) is 7.68. The lowest BCUT2D eigenvalue weighted by Crippen LogP contribution is -2.09. The molecule has 2 aromatic rings. The highest BCUT2D eigenvalue weighted by Gasteiger charge is 2.17. The van der Waals surface area contributed by atoms with E-state index in [0.717, 1.165) is 12.1 Å². The second-order valence-electron chi connectivity index (χ2n) is 3.23. The van der Waals surface area contributed by atoms with Crippen LogP contribution in [0.5, 0.6) is 0 Å². The molecular formula is C11H8F2N2O. The van der Waals surface area contributed by atoms with Gasteiger partial charge in [-0.15, -0.1) is 0 Å². The zero-order valence-corrected chi connectivity index (χ0v) is 8.21. The summed E-state index contributed by atoms with van der Waals surface area (Å²) in [5.74, 6) is -1.95. The number of nitrogens with one attached hydrogen (secondary N) is 1. The number of halogens is 2. The van der Waals surface area contributed by atoms with E-state index in [0.29, 0.717) is 5.82 Å². The number of rotatable bonds is 3. The van der Waals surface area contributed by atoms with E-state index in [9.17, 15) is 13.6 Å². The van der Waals surface area contributed by atoms with Gasteiger partial charge >= 0.3 is 0 Å². The Bertz CT molecular complexity index is 488. The number of hydrogen-bond acceptors (Lipinski definition) is 2. The Kier molecular flexibility index (Phi) is 2.76. The van der Waals surface area contributed by atoms with Crippen LogP contribution in [0.1, 0.15) is 16.2 Å². The fourth-order valence-electron chi connectivity index (χ4n) is 1.40. The van der Waals surface area contributed by atoms with Crippen LogP contribution in [0.15, 0.2) is 30.6 Å². The summed E-state index contributed by atoms with van der Waals surface area (Å²) >= 11 is 0. The molecular weight excluding hydrogens is 214 g/mol. The Balaban J connectivity index is 2.28. The molecule has 0 aliphatic rings. The van der Waals surface area contributed by atoms with Gasteiger partial charge in [0.2, 0.25) is 0 Å². The molecule has 0 radical (unpaired) electrons. The van der Waals surface area contributed by atoms with Gasteiger partial charge in [-0.1, -0.05) is 6.07 Å². The molecule has 1 aromatic heterocycles. The van der Waals surface area contributed by atoms with Crippen molar-refractivity contribution in [1.82, 2.24) is 9.97 Å². The van der Waals surface area contributed by atoms with Crippen molar-refractivity contribution in [2.75, 3.05) is 0 Å². The predicted octanol–water partition coefficient (Wildman–Crippen LogP) is 2.11. The Hall–Kier alpha value is -2.04. The van der Waals surface area contributed by atoms with Crippen molar-refractivity contribution in [2.24, 2.45) is 0 Å². The molecule has 0 atom stereocenters. The molecule has 0 fully saturated rings. The van der Waals surface area contributed by atoms with E-state index >= 15 is 0 Å². The fraction of sp³-hybridized carbons (Fsp3) is 0.0909. The van der Waals surface area contributed by atoms with E-state index in [1.54, 1.807) is 6.20 Å². The Morgan fingerprint density at radius 1 is 1.31 bits per heavy atom. The monoisotopic (exact) mass is 222 g/mol. The second-order valence-corrected chi connectivity index (χ2v) is 3.23. The quantitative estimate of drug-likeness (QED) is 0.808. The summed E-state index contributed by atoms with van der Waals surface area (Å²) in [5, 5.41) is 0. The summed E-state index contributed by atoms with van der Waals surface area (Å²) in [4.78, 5) is 18.1. The fourth-order valence-corrected chi connectivity index (χ4v) is 1.40. The third kappa shape index (κ3) is 1.98. The van der Waals surface area contributed by atoms with Crippen molar-refractivity contribution in [3.05, 3.63) is 53.6 Å². The maximum Gasteiger partial charge on any atom is 0.176 e. The molecule has 16 heavy (non-hydrogen) atoms. The van der Waals surface area contributed by atoms with Crippen LogP contribution in [-0.2, 0) is 6.42 Å². The Morgan fingerprint density at radius 2 is 2.00 bits per heavy atom. The van der Waals surface area contributed by atoms with E-state index < -0.39 is 23.0 Å². The molecule has 0 spiro atoms. The average Bonchev–Trinajstić information content (AvgIpc) is 2.70. The van der Waals surface area contributed by atoms with Crippen LogP contribution in [0.3, 0.4) is 0 Å². The van der Waals surface area contributed by atoms with Gasteiger partial charge in [0.1, 0.15) is 17.5 Å². The number of hydrogen-bond donors (Lipinski definition) is 1. The van der Waals surface area contributed by atoms with E-state index in [1.165, 1.54) is 12.3 Å². The SMILES string of the molecule is O=C(Cc1ncc[nH]1)c1c(F)cccc1F. The summed E-state index contributed by atoms with van der Waals surface area (Å²) in [6, 6.07) is 3.32. The number of aromatic nitrogens is 2. The van der Waals surface area contributed by atoms with Crippen LogP contribution in [0.25, 0.3) is 0 Å². The van der Waals surface area contributed by atoms with Gasteiger partial charge in [-0.25, -0.2) is 13.8 Å². The molecule has 1 aromatic carbocycles. The first kappa shape index (κ1) is 10.5. The smallest absolute Gasteiger partial charge is 0.176 e. The highest BCUT2D eigenvalue weighted by molar-refractivity contribution is 5.97. The van der Waals surface area contributed by atoms with Crippen molar-refractivity contribution >= 4 is 5.78 Å². The van der Waals surface area contributed by atoms with Gasteiger partial charge in [-0.2, -0.15) is 0 Å². The van der Waals surface area contributed by atoms with Gasteiger partial charge in [0.15, 0.2) is 5.78 Å². The topological polar surface area (TPSA) is 45.8 Å². The summed E-state index contributed by atoms with van der Waals surface area (Å²) in [6.45, 7) is 0. The second kappa shape index (κ2) is 4.22. The molecule has 3 nitrogen and oxygen atoms in total. The highest BCUT2D eigenvalue weighted by Crippen LogP contribution is 2.14. The number of nitrogens with zero attached hydrogens (tertiary/aromatic N) is 1. The maximum absolute atomic E-state index is 13.2. The number of carbonyl (C=O) groups excluding carboxylic acids is 1. The van der Waals surface area contributed by atoms with Crippen molar-refractivity contribution in [2.45, 2.75) is 6.42 Å². The predicted molar refractivity (Wildman–Crippen MR) is 53.0 cm³/mol. The lowest BCUT2D eigenvalue weighted by molar-refractivity contribution is 0.0983. The van der Waals surface area contributed by atoms with Crippen LogP contribution in [-0.4, -0.2) is 15.8 Å². The van der Waals surface area contributed by atoms with Crippen molar-refractivity contribution in [1.29, 1.82) is 0 Å². The number of ketones is 1. The molecule has 2 rings (SSSR count). The molecule has 0 aliphatic carbocycles. The molecule has 0 saturated carbocycles. The Morgan fingerprint density at radius 3 is 2.56 bits per heavy atom. The minimum absolute atomic E-state index is 0.148. The van der Waals surface area contributed by atoms with Gasteiger partial charge in [0, 0.05) is 12.4 Å². The van der Waals surface area contributed by atoms with Crippen LogP contribution in [0, 0.1) is 11.6 Å². The summed E-state index contributed by atoms with van der Waals surface area (Å²) in [5.41, 5.74) is -0.515. The molecule has 0 bridgehead atoms. The van der Waals surface area contributed by atoms with Crippen molar-refractivity contribution in [3.63, 3.8) is 0 Å². The van der Waals surface area contributed by atoms with Crippen LogP contribution < -0.4 is 0 Å². The van der Waals surface area contributed by atoms with Gasteiger partial charge in [-0.3, -0.25) is 4.79 Å². The molecule has 1 N–H and O–H groups in total. The number of H-pyrrole nitrogens is 1. The number of imidazole rings is 1. The number of Topliss-reactive ketones (excluding diaryl/α,β-unsaturated/α-hetero) is 1. The summed E-state index contributed by atoms with van der Waals surface area (Å²) in [7, 11) is 0. The lowest BCUT2D eigenvalue weighted by Gasteiger charge is -2.02. The van der Waals surface area contributed by atoms with Gasteiger partial charge in [0.25, 0.3) is 0 Å². The molecule has 0 amide bonds. The third-order valence-corrected chi connectivity index (χ3v) is 2.12. The average molecular weight is 222 g/mol. The van der Waals surface area contributed by atoms with Crippen LogP contribution in [0.4, 0.5) is 8.78 Å². The van der Waals surface area contributed by atoms with Crippen LogP contribution in [0.2, 0.25) is 0 Å². The maximum atomic E-state index is 13.2. The molecule has 0 unspecified atom stereocenters. The van der Waals surface area contributed by atoms with Gasteiger partial charge in [-0.05, 0) is 12.1 Å². The first-order valence-corrected chi connectivity index (χ1v) is 4.64. The first-order valence-electron chi connectivity index (χ1n) is 4.64. The zero-order valence-electron chi connectivity index (χ0n) is 8.21. The van der Waals surface area contributed by atoms with E-state index in [4.69, 9.17) is 0 Å². The lowest BCUT2D eigenvalue weighted by atomic mass is 10.1. The summed E-state index contributed by atoms with van der Waals surface area (Å²) < 4.78 is 26.5. The number of carbonyl (C=O) groups is 1. The minimum atomic E-state index is -0.850. The van der Waals surface area contributed by atoms with Gasteiger partial charge in [0.05, 0.1) is 12.0 Å². The molecule has 82 valence electrons. The van der Waals surface area contributed by atoms with Crippen molar-refractivity contribution < 1.29 is 13.6 Å². The zero-order chi connectivity index (χ0) is 11.5. The minimum Gasteiger partial charge on any atom is -0.348 e. The third-order valence-electron chi connectivity index (χ3n) is 2.12. The molecule has 1 heterocycles. The molecule has 0 aliphatic heterocycles.